The van der Waals surface area contributed by atoms with Crippen molar-refractivity contribution in [1.82, 2.24) is 14.8 Å². The molecule has 2 N–H and O–H groups in total. The van der Waals surface area contributed by atoms with E-state index in [-0.39, 0.29) is 17.4 Å². The van der Waals surface area contributed by atoms with E-state index in [2.05, 4.69) is 31.4 Å². The number of hydrogen-bond acceptors (Lipinski definition) is 7. The number of thioether (sulfide) groups is 1. The van der Waals surface area contributed by atoms with Crippen molar-refractivity contribution in [2.75, 3.05) is 17.7 Å². The molecule has 0 aliphatic heterocycles. The SMILES string of the molecule is CCOC(=O)c1ccc(NC(=O)CSc2nnc(-c3cc(Br)ccc3O)n2CC)cc1. The number of phenolic OH excluding ortho intramolecular Hbond substituents is 1. The van der Waals surface area contributed by atoms with Crippen LogP contribution in [0.15, 0.2) is 52.1 Å². The van der Waals surface area contributed by atoms with Crippen LogP contribution in [-0.2, 0) is 16.1 Å². The van der Waals surface area contributed by atoms with Gasteiger partial charge >= 0.3 is 5.97 Å². The van der Waals surface area contributed by atoms with E-state index in [0.717, 1.165) is 4.47 Å². The van der Waals surface area contributed by atoms with E-state index in [9.17, 15) is 14.7 Å². The van der Waals surface area contributed by atoms with Crippen molar-refractivity contribution in [1.29, 1.82) is 0 Å². The Morgan fingerprint density at radius 2 is 1.90 bits per heavy atom. The summed E-state index contributed by atoms with van der Waals surface area (Å²) in [5.41, 5.74) is 1.56. The van der Waals surface area contributed by atoms with Crippen LogP contribution in [0.4, 0.5) is 5.69 Å². The van der Waals surface area contributed by atoms with Crippen molar-refractivity contribution in [2.24, 2.45) is 0 Å². The highest BCUT2D eigenvalue weighted by atomic mass is 79.9. The third kappa shape index (κ3) is 5.65. The van der Waals surface area contributed by atoms with E-state index >= 15 is 0 Å². The van der Waals surface area contributed by atoms with Crippen LogP contribution in [0.1, 0.15) is 24.2 Å². The van der Waals surface area contributed by atoms with E-state index in [0.29, 0.717) is 40.9 Å². The van der Waals surface area contributed by atoms with Gasteiger partial charge in [0, 0.05) is 16.7 Å². The Labute approximate surface area is 192 Å². The largest absolute Gasteiger partial charge is 0.507 e. The molecule has 0 saturated heterocycles. The number of esters is 1. The molecule has 0 fully saturated rings. The number of amides is 1. The van der Waals surface area contributed by atoms with Crippen molar-refractivity contribution in [2.45, 2.75) is 25.5 Å². The fourth-order valence-corrected chi connectivity index (χ4v) is 3.96. The molecule has 3 rings (SSSR count). The number of phenols is 1. The van der Waals surface area contributed by atoms with Gasteiger partial charge in [0.25, 0.3) is 0 Å². The van der Waals surface area contributed by atoms with Gasteiger partial charge in [0.15, 0.2) is 11.0 Å². The van der Waals surface area contributed by atoms with E-state index in [1.165, 1.54) is 11.8 Å². The topological polar surface area (TPSA) is 106 Å². The van der Waals surface area contributed by atoms with Gasteiger partial charge < -0.3 is 19.7 Å². The highest BCUT2D eigenvalue weighted by Gasteiger charge is 2.17. The van der Waals surface area contributed by atoms with Gasteiger partial charge in [0.05, 0.1) is 23.5 Å². The van der Waals surface area contributed by atoms with Crippen LogP contribution in [0.2, 0.25) is 0 Å². The number of rotatable bonds is 8. The first kappa shape index (κ1) is 22.8. The first-order chi connectivity index (χ1) is 14.9. The molecule has 0 bridgehead atoms. The average molecular weight is 505 g/mol. The second kappa shape index (κ2) is 10.5. The maximum Gasteiger partial charge on any atom is 0.338 e. The highest BCUT2D eigenvalue weighted by molar-refractivity contribution is 9.10. The second-order valence-electron chi connectivity index (χ2n) is 6.35. The Bertz CT molecular complexity index is 1090. The first-order valence-electron chi connectivity index (χ1n) is 9.54. The molecule has 0 aliphatic rings. The van der Waals surface area contributed by atoms with Gasteiger partial charge in [-0.1, -0.05) is 27.7 Å². The maximum atomic E-state index is 12.4. The summed E-state index contributed by atoms with van der Waals surface area (Å²) in [6, 6.07) is 11.6. The van der Waals surface area contributed by atoms with E-state index in [1.54, 1.807) is 49.4 Å². The van der Waals surface area contributed by atoms with E-state index < -0.39 is 5.97 Å². The van der Waals surface area contributed by atoms with Crippen molar-refractivity contribution in [3.8, 4) is 17.1 Å². The van der Waals surface area contributed by atoms with Gasteiger partial charge in [0.1, 0.15) is 5.75 Å². The number of anilines is 1. The van der Waals surface area contributed by atoms with E-state index in [1.807, 2.05) is 11.5 Å². The lowest BCUT2D eigenvalue weighted by atomic mass is 10.2. The van der Waals surface area contributed by atoms with Crippen LogP contribution in [0.3, 0.4) is 0 Å². The summed E-state index contributed by atoms with van der Waals surface area (Å²) >= 11 is 4.64. The number of nitrogens with one attached hydrogen (secondary N) is 1. The molecule has 8 nitrogen and oxygen atoms in total. The molecule has 0 aliphatic carbocycles. The van der Waals surface area contributed by atoms with Crippen molar-refractivity contribution in [3.63, 3.8) is 0 Å². The van der Waals surface area contributed by atoms with Crippen molar-refractivity contribution >= 4 is 45.3 Å². The number of halogens is 1. The molecular weight excluding hydrogens is 484 g/mol. The van der Waals surface area contributed by atoms with Crippen LogP contribution < -0.4 is 5.32 Å². The molecule has 0 spiro atoms. The smallest absolute Gasteiger partial charge is 0.338 e. The Morgan fingerprint density at radius 1 is 1.16 bits per heavy atom. The lowest BCUT2D eigenvalue weighted by molar-refractivity contribution is -0.113. The number of hydrogen-bond donors (Lipinski definition) is 2. The fraction of sp³-hybridized carbons (Fsp3) is 0.238. The van der Waals surface area contributed by atoms with Crippen LogP contribution in [0, 0.1) is 0 Å². The minimum Gasteiger partial charge on any atom is -0.507 e. The zero-order chi connectivity index (χ0) is 22.4. The number of carbonyl (C=O) groups excluding carboxylic acids is 2. The maximum absolute atomic E-state index is 12.4. The van der Waals surface area contributed by atoms with Gasteiger partial charge in [-0.05, 0) is 56.3 Å². The molecule has 3 aromatic rings. The average Bonchev–Trinajstić information content (AvgIpc) is 3.17. The predicted molar refractivity (Wildman–Crippen MR) is 122 cm³/mol. The third-order valence-corrected chi connectivity index (χ3v) is 5.70. The summed E-state index contributed by atoms with van der Waals surface area (Å²) in [5.74, 6) is 0.139. The second-order valence-corrected chi connectivity index (χ2v) is 8.20. The molecule has 0 radical (unpaired) electrons. The van der Waals surface area contributed by atoms with Crippen molar-refractivity contribution in [3.05, 3.63) is 52.5 Å². The Morgan fingerprint density at radius 3 is 2.58 bits per heavy atom. The monoisotopic (exact) mass is 504 g/mol. The molecule has 1 aromatic heterocycles. The predicted octanol–water partition coefficient (Wildman–Crippen LogP) is 4.34. The van der Waals surface area contributed by atoms with Crippen LogP contribution in [0.5, 0.6) is 5.75 Å². The zero-order valence-electron chi connectivity index (χ0n) is 17.0. The Hall–Kier alpha value is -2.85. The molecule has 10 heteroatoms. The van der Waals surface area contributed by atoms with Gasteiger partial charge in [-0.2, -0.15) is 0 Å². The van der Waals surface area contributed by atoms with Gasteiger partial charge in [-0.15, -0.1) is 10.2 Å². The van der Waals surface area contributed by atoms with Crippen LogP contribution in [0.25, 0.3) is 11.4 Å². The lowest BCUT2D eigenvalue weighted by Crippen LogP contribution is -2.15. The Balaban J connectivity index is 1.65. The number of aromatic hydroxyl groups is 1. The van der Waals surface area contributed by atoms with E-state index in [4.69, 9.17) is 4.74 Å². The summed E-state index contributed by atoms with van der Waals surface area (Å²) in [4.78, 5) is 24.1. The number of nitrogens with zero attached hydrogens (tertiary/aromatic N) is 3. The zero-order valence-corrected chi connectivity index (χ0v) is 19.4. The number of carbonyl (C=O) groups is 2. The molecule has 0 unspecified atom stereocenters. The standard InChI is InChI=1S/C21H21BrN4O4S/c1-3-26-19(16-11-14(22)7-10-17(16)27)24-25-21(26)31-12-18(28)23-15-8-5-13(6-9-15)20(29)30-4-2/h5-11,27H,3-4,12H2,1-2H3,(H,23,28). The minimum atomic E-state index is -0.401. The molecular formula is C21H21BrN4O4S. The van der Waals surface area contributed by atoms with Gasteiger partial charge in [0.2, 0.25) is 5.91 Å². The molecule has 31 heavy (non-hydrogen) atoms. The Kier molecular flexibility index (Phi) is 7.69. The first-order valence-corrected chi connectivity index (χ1v) is 11.3. The summed E-state index contributed by atoms with van der Waals surface area (Å²) in [6.07, 6.45) is 0. The number of benzene rings is 2. The number of aromatic nitrogens is 3. The number of ether oxygens (including phenoxy) is 1. The summed E-state index contributed by atoms with van der Waals surface area (Å²) < 4.78 is 7.60. The molecule has 0 atom stereocenters. The summed E-state index contributed by atoms with van der Waals surface area (Å²) in [5, 5.41) is 21.9. The molecule has 0 saturated carbocycles. The summed E-state index contributed by atoms with van der Waals surface area (Å²) in [7, 11) is 0. The van der Waals surface area contributed by atoms with Gasteiger partial charge in [-0.25, -0.2) is 4.79 Å². The lowest BCUT2D eigenvalue weighted by Gasteiger charge is -2.09. The highest BCUT2D eigenvalue weighted by Crippen LogP contribution is 2.32. The normalized spacial score (nSPS) is 10.7. The van der Waals surface area contributed by atoms with Crippen molar-refractivity contribution < 1.29 is 19.4 Å². The third-order valence-electron chi connectivity index (χ3n) is 4.24. The van der Waals surface area contributed by atoms with Gasteiger partial charge in [-0.3, -0.25) is 4.79 Å². The summed E-state index contributed by atoms with van der Waals surface area (Å²) in [6.45, 7) is 4.57. The fourth-order valence-electron chi connectivity index (χ4n) is 2.80. The van der Waals surface area contributed by atoms with Crippen LogP contribution >= 0.6 is 27.7 Å². The molecule has 1 amide bonds. The molecule has 1 heterocycles. The minimum absolute atomic E-state index is 0.103. The molecule has 2 aromatic carbocycles. The quantitative estimate of drug-likeness (QED) is 0.347. The molecule has 162 valence electrons. The van der Waals surface area contributed by atoms with Crippen LogP contribution in [-0.4, -0.2) is 44.1 Å².